The highest BCUT2D eigenvalue weighted by atomic mass is 16.3. The molecule has 0 aliphatic carbocycles. The lowest BCUT2D eigenvalue weighted by atomic mass is 9.97. The predicted molar refractivity (Wildman–Crippen MR) is 211 cm³/mol. The van der Waals surface area contributed by atoms with E-state index in [4.69, 9.17) is 23.8 Å². The Morgan fingerprint density at radius 1 is 0.308 bits per heavy atom. The van der Waals surface area contributed by atoms with Gasteiger partial charge < -0.3 is 8.83 Å². The largest absolute Gasteiger partial charge is 0.456 e. The maximum atomic E-state index is 6.66. The van der Waals surface area contributed by atoms with Crippen molar-refractivity contribution in [3.63, 3.8) is 0 Å². The number of nitrogens with zero attached hydrogens (tertiary/aromatic N) is 3. The van der Waals surface area contributed by atoms with Crippen molar-refractivity contribution in [2.45, 2.75) is 0 Å². The van der Waals surface area contributed by atoms with Gasteiger partial charge in [-0.2, -0.15) is 0 Å². The van der Waals surface area contributed by atoms with E-state index in [-0.39, 0.29) is 0 Å². The maximum absolute atomic E-state index is 6.66. The molecule has 0 spiro atoms. The predicted octanol–water partition coefficient (Wildman–Crippen LogP) is 12.6. The van der Waals surface area contributed by atoms with Gasteiger partial charge in [-0.05, 0) is 81.2 Å². The summed E-state index contributed by atoms with van der Waals surface area (Å²) >= 11 is 0. The number of fused-ring (bicyclic) bond motifs is 8. The van der Waals surface area contributed by atoms with E-state index < -0.39 is 0 Å². The van der Waals surface area contributed by atoms with Crippen LogP contribution in [0.4, 0.5) is 0 Å². The molecule has 0 atom stereocenters. The summed E-state index contributed by atoms with van der Waals surface area (Å²) < 4.78 is 13.0. The molecule has 3 aromatic heterocycles. The quantitative estimate of drug-likeness (QED) is 0.187. The van der Waals surface area contributed by atoms with Crippen molar-refractivity contribution in [1.82, 2.24) is 15.0 Å². The van der Waals surface area contributed by atoms with Crippen molar-refractivity contribution in [3.8, 4) is 45.3 Å². The number of rotatable bonds is 4. The molecule has 0 aliphatic rings. The van der Waals surface area contributed by atoms with Crippen molar-refractivity contribution < 1.29 is 8.83 Å². The summed E-state index contributed by atoms with van der Waals surface area (Å²) in [6, 6.07) is 56.4. The smallest absolute Gasteiger partial charge is 0.164 e. The zero-order valence-corrected chi connectivity index (χ0v) is 27.7. The molecule has 0 saturated heterocycles. The second-order valence-electron chi connectivity index (χ2n) is 13.2. The highest BCUT2D eigenvalue weighted by molar-refractivity contribution is 6.16. The molecule has 8 aromatic carbocycles. The summed E-state index contributed by atoms with van der Waals surface area (Å²) in [6.07, 6.45) is 0. The summed E-state index contributed by atoms with van der Waals surface area (Å²) in [5, 5.41) is 8.66. The molecule has 0 radical (unpaired) electrons. The summed E-state index contributed by atoms with van der Waals surface area (Å²) in [7, 11) is 0. The second kappa shape index (κ2) is 11.2. The Balaban J connectivity index is 1.21. The number of furan rings is 2. The molecular weight excluding hydrogens is 639 g/mol. The van der Waals surface area contributed by atoms with Crippen LogP contribution in [0.3, 0.4) is 0 Å². The number of hydrogen-bond donors (Lipinski definition) is 0. The minimum Gasteiger partial charge on any atom is -0.456 e. The van der Waals surface area contributed by atoms with E-state index in [1.165, 1.54) is 0 Å². The molecule has 52 heavy (non-hydrogen) atoms. The molecule has 0 saturated carbocycles. The van der Waals surface area contributed by atoms with Crippen molar-refractivity contribution >= 4 is 65.4 Å². The normalized spacial score (nSPS) is 11.8. The van der Waals surface area contributed by atoms with E-state index in [0.717, 1.165) is 93.2 Å². The molecule has 3 heterocycles. The van der Waals surface area contributed by atoms with Gasteiger partial charge in [-0.1, -0.05) is 115 Å². The van der Waals surface area contributed by atoms with E-state index in [0.29, 0.717) is 17.5 Å². The second-order valence-corrected chi connectivity index (χ2v) is 13.2. The zero-order chi connectivity index (χ0) is 34.2. The van der Waals surface area contributed by atoms with Gasteiger partial charge in [-0.15, -0.1) is 0 Å². The first-order valence-electron chi connectivity index (χ1n) is 17.3. The summed E-state index contributed by atoms with van der Waals surface area (Å²) in [5.41, 5.74) is 7.96. The molecule has 0 N–H and O–H groups in total. The lowest BCUT2D eigenvalue weighted by molar-refractivity contribution is 0.669. The monoisotopic (exact) mass is 665 g/mol. The Hall–Kier alpha value is -7.11. The zero-order valence-electron chi connectivity index (χ0n) is 27.7. The van der Waals surface area contributed by atoms with Crippen LogP contribution < -0.4 is 0 Å². The van der Waals surface area contributed by atoms with Crippen LogP contribution in [0.5, 0.6) is 0 Å². The Morgan fingerprint density at radius 2 is 0.885 bits per heavy atom. The maximum Gasteiger partial charge on any atom is 0.164 e. The minimum absolute atomic E-state index is 0.562. The fraction of sp³-hybridized carbons (Fsp3) is 0. The van der Waals surface area contributed by atoms with E-state index in [9.17, 15) is 0 Å². The van der Waals surface area contributed by atoms with Gasteiger partial charge in [-0.3, -0.25) is 0 Å². The number of hydrogen-bond acceptors (Lipinski definition) is 5. The van der Waals surface area contributed by atoms with E-state index in [1.54, 1.807) is 0 Å². The lowest BCUT2D eigenvalue weighted by Crippen LogP contribution is -2.01. The van der Waals surface area contributed by atoms with E-state index >= 15 is 0 Å². The summed E-state index contributed by atoms with van der Waals surface area (Å²) in [5.74, 6) is 1.72. The third-order valence-electron chi connectivity index (χ3n) is 10.1. The third-order valence-corrected chi connectivity index (χ3v) is 10.1. The standard InChI is InChI=1S/C47H27N3O2/c1-2-10-28(11-3-1)35-24-39(44-38-23-31-14-6-7-15-32(31)25-42(38)52-43(44)27-35)47-49-45(33-19-18-29-12-4-5-13-30(29)22-33)48-46(50-47)34-20-21-37-36-16-8-9-17-40(36)51-41(37)26-34/h1-27H. The van der Waals surface area contributed by atoms with Gasteiger partial charge in [0.1, 0.15) is 22.3 Å². The van der Waals surface area contributed by atoms with Gasteiger partial charge in [0, 0.05) is 38.2 Å². The molecule has 242 valence electrons. The average molecular weight is 666 g/mol. The number of aromatic nitrogens is 3. The molecule has 0 bridgehead atoms. The summed E-state index contributed by atoms with van der Waals surface area (Å²) in [4.78, 5) is 15.6. The van der Waals surface area contributed by atoms with Gasteiger partial charge >= 0.3 is 0 Å². The van der Waals surface area contributed by atoms with E-state index in [2.05, 4.69) is 133 Å². The first kappa shape index (κ1) is 28.7. The molecule has 0 fully saturated rings. The highest BCUT2D eigenvalue weighted by Crippen LogP contribution is 2.41. The topological polar surface area (TPSA) is 65.0 Å². The molecule has 0 unspecified atom stereocenters. The van der Waals surface area contributed by atoms with Crippen LogP contribution in [0.1, 0.15) is 0 Å². The van der Waals surface area contributed by atoms with Gasteiger partial charge in [0.25, 0.3) is 0 Å². The molecule has 5 heteroatoms. The van der Waals surface area contributed by atoms with Crippen molar-refractivity contribution in [3.05, 3.63) is 164 Å². The molecule has 0 amide bonds. The van der Waals surface area contributed by atoms with E-state index in [1.807, 2.05) is 30.3 Å². The first-order chi connectivity index (χ1) is 25.7. The van der Waals surface area contributed by atoms with Crippen molar-refractivity contribution in [2.24, 2.45) is 0 Å². The molecular formula is C47H27N3O2. The van der Waals surface area contributed by atoms with Gasteiger partial charge in [0.05, 0.1) is 0 Å². The third kappa shape index (κ3) is 4.60. The van der Waals surface area contributed by atoms with Crippen LogP contribution in [0.15, 0.2) is 173 Å². The van der Waals surface area contributed by atoms with Crippen LogP contribution in [-0.4, -0.2) is 15.0 Å². The van der Waals surface area contributed by atoms with Gasteiger partial charge in [0.15, 0.2) is 17.5 Å². The Kier molecular flexibility index (Phi) is 6.18. The number of benzene rings is 8. The Morgan fingerprint density at radius 3 is 1.71 bits per heavy atom. The van der Waals surface area contributed by atoms with Crippen molar-refractivity contribution in [2.75, 3.05) is 0 Å². The van der Waals surface area contributed by atoms with Crippen molar-refractivity contribution in [1.29, 1.82) is 0 Å². The molecule has 11 aromatic rings. The SMILES string of the molecule is c1ccc(-c2cc(-c3nc(-c4ccc5ccccc5c4)nc(-c4ccc5c(c4)oc4ccccc45)n3)c3c(c2)oc2cc4ccccc4cc23)cc1. The fourth-order valence-corrected chi connectivity index (χ4v) is 7.51. The van der Waals surface area contributed by atoms with Crippen LogP contribution in [0.2, 0.25) is 0 Å². The Bertz CT molecular complexity index is 3190. The van der Waals surface area contributed by atoms with Gasteiger partial charge in [-0.25, -0.2) is 15.0 Å². The lowest BCUT2D eigenvalue weighted by Gasteiger charge is -2.11. The van der Waals surface area contributed by atoms with Crippen LogP contribution >= 0.6 is 0 Å². The molecule has 5 nitrogen and oxygen atoms in total. The molecule has 11 rings (SSSR count). The summed E-state index contributed by atoms with van der Waals surface area (Å²) in [6.45, 7) is 0. The average Bonchev–Trinajstić information content (AvgIpc) is 3.76. The molecule has 0 aliphatic heterocycles. The van der Waals surface area contributed by atoms with Crippen LogP contribution in [0.25, 0.3) is 111 Å². The van der Waals surface area contributed by atoms with Crippen LogP contribution in [0, 0.1) is 0 Å². The first-order valence-corrected chi connectivity index (χ1v) is 17.3. The minimum atomic E-state index is 0.562. The van der Waals surface area contributed by atoms with Gasteiger partial charge in [0.2, 0.25) is 0 Å². The van der Waals surface area contributed by atoms with Crippen LogP contribution in [-0.2, 0) is 0 Å². The fourth-order valence-electron chi connectivity index (χ4n) is 7.51. The highest BCUT2D eigenvalue weighted by Gasteiger charge is 2.21. The number of para-hydroxylation sites is 1. The Labute approximate surface area is 297 Å².